The fraction of sp³-hybridized carbons (Fsp3) is 0.294. The first-order valence-electron chi connectivity index (χ1n) is 7.06. The molecule has 0 spiro atoms. The predicted octanol–water partition coefficient (Wildman–Crippen LogP) is 2.56. The second kappa shape index (κ2) is 7.84. The maximum Gasteiger partial charge on any atom is 0.308 e. The van der Waals surface area contributed by atoms with Crippen LogP contribution in [0.4, 0.5) is 0 Å². The number of aliphatic carboxylic acids is 1. The van der Waals surface area contributed by atoms with Crippen LogP contribution in [-0.2, 0) is 16.0 Å². The van der Waals surface area contributed by atoms with Crippen LogP contribution in [0, 0.1) is 5.92 Å². The van der Waals surface area contributed by atoms with E-state index in [9.17, 15) is 14.7 Å². The Morgan fingerprint density at radius 2 is 1.91 bits per heavy atom. The second-order valence-electron chi connectivity index (χ2n) is 5.16. The molecule has 0 fully saturated rings. The molecule has 2 aromatic carbocycles. The number of nitrogens with one attached hydrogen (secondary N) is 1. The van der Waals surface area contributed by atoms with Gasteiger partial charge in [-0.15, -0.1) is 0 Å². The van der Waals surface area contributed by atoms with Gasteiger partial charge in [0.15, 0.2) is 0 Å². The van der Waals surface area contributed by atoms with E-state index >= 15 is 0 Å². The highest BCUT2D eigenvalue weighted by Gasteiger charge is 2.19. The molecule has 0 saturated heterocycles. The molecule has 4 nitrogen and oxygen atoms in total. The zero-order valence-electron chi connectivity index (χ0n) is 12.4. The molecule has 0 heterocycles. The standard InChI is InChI=1S/C17H19NO3S/c1-22-11-16(19)18-10-15(17(20)21)9-12-6-7-13-4-2-3-5-14(13)8-12/h2-8,15H,9-11H2,1H3,(H,18,19)(H,20,21). The van der Waals surface area contributed by atoms with Crippen LogP contribution in [0.2, 0.25) is 0 Å². The SMILES string of the molecule is CSCC(=O)NCC(Cc1ccc2ccccc2c1)C(=O)O. The quantitative estimate of drug-likeness (QED) is 0.823. The molecule has 0 bridgehead atoms. The molecule has 2 rings (SSSR count). The molecule has 0 aliphatic heterocycles. The average Bonchev–Trinajstić information content (AvgIpc) is 2.51. The molecule has 1 atom stereocenters. The van der Waals surface area contributed by atoms with Crippen molar-refractivity contribution in [1.82, 2.24) is 5.32 Å². The van der Waals surface area contributed by atoms with Gasteiger partial charge in [0.05, 0.1) is 11.7 Å². The maximum atomic E-state index is 11.5. The van der Waals surface area contributed by atoms with Crippen molar-refractivity contribution in [2.45, 2.75) is 6.42 Å². The number of carboxylic acids is 1. The lowest BCUT2D eigenvalue weighted by atomic mass is 9.97. The Morgan fingerprint density at radius 3 is 2.59 bits per heavy atom. The van der Waals surface area contributed by atoms with Gasteiger partial charge in [-0.2, -0.15) is 11.8 Å². The molecule has 0 aliphatic rings. The number of fused-ring (bicyclic) bond motifs is 1. The summed E-state index contributed by atoms with van der Waals surface area (Å²) in [6.07, 6.45) is 2.24. The van der Waals surface area contributed by atoms with Crippen molar-refractivity contribution >= 4 is 34.4 Å². The number of benzene rings is 2. The summed E-state index contributed by atoms with van der Waals surface area (Å²) >= 11 is 1.42. The van der Waals surface area contributed by atoms with E-state index in [1.54, 1.807) is 0 Å². The van der Waals surface area contributed by atoms with Crippen LogP contribution >= 0.6 is 11.8 Å². The van der Waals surface area contributed by atoms with Crippen molar-refractivity contribution in [2.75, 3.05) is 18.6 Å². The highest BCUT2D eigenvalue weighted by molar-refractivity contribution is 7.99. The summed E-state index contributed by atoms with van der Waals surface area (Å²) < 4.78 is 0. The number of amides is 1. The molecule has 5 heteroatoms. The largest absolute Gasteiger partial charge is 0.481 e. The van der Waals surface area contributed by atoms with Gasteiger partial charge in [-0.3, -0.25) is 9.59 Å². The second-order valence-corrected chi connectivity index (χ2v) is 6.02. The Morgan fingerprint density at radius 1 is 1.18 bits per heavy atom. The summed E-state index contributed by atoms with van der Waals surface area (Å²) in [6.45, 7) is 0.154. The van der Waals surface area contributed by atoms with Gasteiger partial charge in [0.25, 0.3) is 0 Å². The highest BCUT2D eigenvalue weighted by Crippen LogP contribution is 2.18. The zero-order chi connectivity index (χ0) is 15.9. The van der Waals surface area contributed by atoms with Gasteiger partial charge >= 0.3 is 5.97 Å². The van der Waals surface area contributed by atoms with E-state index < -0.39 is 11.9 Å². The van der Waals surface area contributed by atoms with E-state index in [-0.39, 0.29) is 12.5 Å². The van der Waals surface area contributed by atoms with Gasteiger partial charge in [-0.1, -0.05) is 42.5 Å². The molecule has 2 N–H and O–H groups in total. The number of carbonyl (C=O) groups excluding carboxylic acids is 1. The molecule has 0 aliphatic carbocycles. The van der Waals surface area contributed by atoms with Crippen LogP contribution in [0.3, 0.4) is 0 Å². The van der Waals surface area contributed by atoms with Crippen molar-refractivity contribution in [3.05, 3.63) is 48.0 Å². The third-order valence-electron chi connectivity index (χ3n) is 3.47. The first-order valence-corrected chi connectivity index (χ1v) is 8.45. The molecule has 1 amide bonds. The maximum absolute atomic E-state index is 11.5. The lowest BCUT2D eigenvalue weighted by Gasteiger charge is -2.14. The van der Waals surface area contributed by atoms with Crippen LogP contribution in [0.1, 0.15) is 5.56 Å². The molecule has 0 radical (unpaired) electrons. The highest BCUT2D eigenvalue weighted by atomic mass is 32.2. The number of rotatable bonds is 7. The summed E-state index contributed by atoms with van der Waals surface area (Å²) in [5.41, 5.74) is 0.963. The topological polar surface area (TPSA) is 66.4 Å². The summed E-state index contributed by atoms with van der Waals surface area (Å²) in [5, 5.41) is 14.2. The first kappa shape index (κ1) is 16.4. The summed E-state index contributed by atoms with van der Waals surface area (Å²) in [5.74, 6) is -1.29. The number of thioether (sulfide) groups is 1. The van der Waals surface area contributed by atoms with E-state index in [0.717, 1.165) is 16.3 Å². The van der Waals surface area contributed by atoms with E-state index in [2.05, 4.69) is 5.32 Å². The van der Waals surface area contributed by atoms with Gasteiger partial charge in [0.1, 0.15) is 0 Å². The molecule has 0 saturated carbocycles. The molecule has 116 valence electrons. The van der Waals surface area contributed by atoms with Gasteiger partial charge in [-0.25, -0.2) is 0 Å². The predicted molar refractivity (Wildman–Crippen MR) is 90.2 cm³/mol. The minimum atomic E-state index is -0.891. The van der Waals surface area contributed by atoms with E-state index in [0.29, 0.717) is 12.2 Å². The van der Waals surface area contributed by atoms with Gasteiger partial charge < -0.3 is 10.4 Å². The van der Waals surface area contributed by atoms with Gasteiger partial charge in [-0.05, 0) is 29.0 Å². The molecule has 2 aromatic rings. The normalized spacial score (nSPS) is 12.0. The van der Waals surface area contributed by atoms with Crippen molar-refractivity contribution in [1.29, 1.82) is 0 Å². The molecule has 22 heavy (non-hydrogen) atoms. The lowest BCUT2D eigenvalue weighted by molar-refractivity contribution is -0.141. The van der Waals surface area contributed by atoms with E-state index in [1.807, 2.05) is 48.7 Å². The zero-order valence-corrected chi connectivity index (χ0v) is 13.2. The van der Waals surface area contributed by atoms with Crippen molar-refractivity contribution < 1.29 is 14.7 Å². The number of hydrogen-bond acceptors (Lipinski definition) is 3. The van der Waals surface area contributed by atoms with Gasteiger partial charge in [0.2, 0.25) is 5.91 Å². The van der Waals surface area contributed by atoms with E-state index in [1.165, 1.54) is 11.8 Å². The summed E-state index contributed by atoms with van der Waals surface area (Å²) in [4.78, 5) is 22.9. The summed E-state index contributed by atoms with van der Waals surface area (Å²) in [7, 11) is 0. The first-order chi connectivity index (χ1) is 10.6. The third-order valence-corrected chi connectivity index (χ3v) is 4.02. The Labute approximate surface area is 133 Å². The third kappa shape index (κ3) is 4.49. The number of carboxylic acid groups (broad SMARTS) is 1. The van der Waals surface area contributed by atoms with Crippen LogP contribution in [-0.4, -0.2) is 35.5 Å². The van der Waals surface area contributed by atoms with Crippen molar-refractivity contribution in [3.63, 3.8) is 0 Å². The Hall–Kier alpha value is -2.01. The van der Waals surface area contributed by atoms with Crippen LogP contribution in [0.5, 0.6) is 0 Å². The fourth-order valence-electron chi connectivity index (χ4n) is 2.32. The Balaban J connectivity index is 2.05. The van der Waals surface area contributed by atoms with Crippen molar-refractivity contribution in [3.8, 4) is 0 Å². The van der Waals surface area contributed by atoms with Crippen LogP contribution in [0.25, 0.3) is 10.8 Å². The lowest BCUT2D eigenvalue weighted by Crippen LogP contribution is -2.35. The number of hydrogen-bond donors (Lipinski definition) is 2. The average molecular weight is 317 g/mol. The van der Waals surface area contributed by atoms with Crippen LogP contribution in [0.15, 0.2) is 42.5 Å². The van der Waals surface area contributed by atoms with Crippen molar-refractivity contribution in [2.24, 2.45) is 5.92 Å². The van der Waals surface area contributed by atoms with Gasteiger partial charge in [0, 0.05) is 6.54 Å². The Bertz CT molecular complexity index is 672. The fourth-order valence-corrected chi connectivity index (χ4v) is 2.68. The molecular weight excluding hydrogens is 298 g/mol. The minimum absolute atomic E-state index is 0.128. The van der Waals surface area contributed by atoms with Crippen LogP contribution < -0.4 is 5.32 Å². The number of carbonyl (C=O) groups is 2. The minimum Gasteiger partial charge on any atom is -0.481 e. The molecular formula is C17H19NO3S. The smallest absolute Gasteiger partial charge is 0.308 e. The molecule has 0 aromatic heterocycles. The summed E-state index contributed by atoms with van der Waals surface area (Å²) in [6, 6.07) is 13.9. The van der Waals surface area contributed by atoms with E-state index in [4.69, 9.17) is 0 Å². The monoisotopic (exact) mass is 317 g/mol. The molecule has 1 unspecified atom stereocenters. The Kier molecular flexibility index (Phi) is 5.83.